The van der Waals surface area contributed by atoms with Crippen LogP contribution in [0.3, 0.4) is 0 Å². The zero-order valence-electron chi connectivity index (χ0n) is 18.6. The summed E-state index contributed by atoms with van der Waals surface area (Å²) in [4.78, 5) is 8.81. The largest absolute Gasteiger partial charge is 0.497 e. The fourth-order valence-electron chi connectivity index (χ4n) is 3.63. The number of aromatic nitrogens is 6. The molecule has 0 amide bonds. The maximum atomic E-state index is 5.31. The van der Waals surface area contributed by atoms with E-state index in [0.717, 1.165) is 51.5 Å². The molecule has 0 fully saturated rings. The molecule has 5 aromatic rings. The van der Waals surface area contributed by atoms with Crippen LogP contribution in [0.4, 0.5) is 11.5 Å². The minimum absolute atomic E-state index is 0.740. The SMILES string of the molecule is COc1cccc(-n2ccc(-c3ccnc(Nc4ccc(-n5nc(C)nc5C)cc4)c3)n2)c1. The molecule has 1 N–H and O–H groups in total. The molecule has 0 aliphatic rings. The number of pyridine rings is 1. The molecule has 164 valence electrons. The molecule has 8 heteroatoms. The molecule has 0 saturated heterocycles. The summed E-state index contributed by atoms with van der Waals surface area (Å²) in [6.45, 7) is 3.83. The van der Waals surface area contributed by atoms with E-state index in [0.29, 0.717) is 0 Å². The normalized spacial score (nSPS) is 10.9. The van der Waals surface area contributed by atoms with Crippen LogP contribution in [0.15, 0.2) is 79.1 Å². The third kappa shape index (κ3) is 4.31. The Morgan fingerprint density at radius 3 is 2.48 bits per heavy atom. The summed E-state index contributed by atoms with van der Waals surface area (Å²) in [5.74, 6) is 3.14. The van der Waals surface area contributed by atoms with E-state index in [-0.39, 0.29) is 0 Å². The van der Waals surface area contributed by atoms with Crippen LogP contribution in [0.5, 0.6) is 5.75 Å². The van der Waals surface area contributed by atoms with Crippen LogP contribution in [0.1, 0.15) is 11.6 Å². The summed E-state index contributed by atoms with van der Waals surface area (Å²) >= 11 is 0. The van der Waals surface area contributed by atoms with Gasteiger partial charge in [-0.05, 0) is 68.4 Å². The van der Waals surface area contributed by atoms with Crippen LogP contribution in [0, 0.1) is 13.8 Å². The Kier molecular flexibility index (Phi) is 5.32. The van der Waals surface area contributed by atoms with Crippen LogP contribution in [0.2, 0.25) is 0 Å². The molecule has 0 radical (unpaired) electrons. The van der Waals surface area contributed by atoms with E-state index in [1.165, 1.54) is 0 Å². The van der Waals surface area contributed by atoms with Crippen molar-refractivity contribution in [3.05, 3.63) is 90.8 Å². The highest BCUT2D eigenvalue weighted by Crippen LogP contribution is 2.24. The molecule has 3 heterocycles. The van der Waals surface area contributed by atoms with Crippen molar-refractivity contribution in [3.63, 3.8) is 0 Å². The maximum absolute atomic E-state index is 5.31. The number of hydrogen-bond acceptors (Lipinski definition) is 6. The second-order valence-electron chi connectivity index (χ2n) is 7.57. The summed E-state index contributed by atoms with van der Waals surface area (Å²) < 4.78 is 8.98. The Morgan fingerprint density at radius 2 is 1.73 bits per heavy atom. The number of aryl methyl sites for hydroxylation is 2. The van der Waals surface area contributed by atoms with E-state index in [1.807, 2.05) is 96.1 Å². The molecule has 0 bridgehead atoms. The summed E-state index contributed by atoms with van der Waals surface area (Å²) in [6, 6.07) is 21.7. The molecule has 0 aliphatic carbocycles. The summed E-state index contributed by atoms with van der Waals surface area (Å²) in [5.41, 5.74) is 4.66. The summed E-state index contributed by atoms with van der Waals surface area (Å²) in [5, 5.41) is 12.5. The molecular weight excluding hydrogens is 414 g/mol. The monoisotopic (exact) mass is 437 g/mol. The van der Waals surface area contributed by atoms with Crippen molar-refractivity contribution in [1.29, 1.82) is 0 Å². The fraction of sp³-hybridized carbons (Fsp3) is 0.120. The van der Waals surface area contributed by atoms with Gasteiger partial charge in [-0.3, -0.25) is 0 Å². The lowest BCUT2D eigenvalue weighted by molar-refractivity contribution is 0.414. The van der Waals surface area contributed by atoms with Gasteiger partial charge in [0.15, 0.2) is 0 Å². The minimum atomic E-state index is 0.740. The van der Waals surface area contributed by atoms with Gasteiger partial charge in [0.05, 0.1) is 24.2 Å². The van der Waals surface area contributed by atoms with E-state index in [2.05, 4.69) is 20.4 Å². The average Bonchev–Trinajstić information content (AvgIpc) is 3.46. The van der Waals surface area contributed by atoms with E-state index in [4.69, 9.17) is 9.84 Å². The first kappa shape index (κ1) is 20.4. The molecule has 0 saturated carbocycles. The van der Waals surface area contributed by atoms with E-state index < -0.39 is 0 Å². The number of anilines is 2. The van der Waals surface area contributed by atoms with Gasteiger partial charge in [-0.2, -0.15) is 10.2 Å². The number of hydrogen-bond donors (Lipinski definition) is 1. The van der Waals surface area contributed by atoms with Crippen LogP contribution in [-0.4, -0.2) is 36.6 Å². The molecule has 0 atom stereocenters. The van der Waals surface area contributed by atoms with Gasteiger partial charge >= 0.3 is 0 Å². The van der Waals surface area contributed by atoms with E-state index >= 15 is 0 Å². The van der Waals surface area contributed by atoms with Gasteiger partial charge in [-0.15, -0.1) is 0 Å². The first-order valence-corrected chi connectivity index (χ1v) is 10.5. The highest BCUT2D eigenvalue weighted by Gasteiger charge is 2.08. The Morgan fingerprint density at radius 1 is 0.879 bits per heavy atom. The van der Waals surface area contributed by atoms with Gasteiger partial charge in [0.25, 0.3) is 0 Å². The smallest absolute Gasteiger partial charge is 0.148 e. The van der Waals surface area contributed by atoms with Gasteiger partial charge in [0.1, 0.15) is 23.2 Å². The zero-order chi connectivity index (χ0) is 22.8. The van der Waals surface area contributed by atoms with Crippen LogP contribution >= 0.6 is 0 Å². The standard InChI is InChI=1S/C25H23N7O/c1-17-27-18(2)32(29-17)21-9-7-20(8-10-21)28-25-15-19(11-13-26-25)24-12-14-31(30-24)22-5-4-6-23(16-22)33-3/h4-16H,1-3H3,(H,26,28). The van der Waals surface area contributed by atoms with Crippen molar-refractivity contribution < 1.29 is 4.74 Å². The highest BCUT2D eigenvalue weighted by molar-refractivity contribution is 5.66. The number of nitrogens with one attached hydrogen (secondary N) is 1. The van der Waals surface area contributed by atoms with Crippen LogP contribution in [0.25, 0.3) is 22.6 Å². The predicted molar refractivity (Wildman–Crippen MR) is 127 cm³/mol. The Labute approximate surface area is 191 Å². The van der Waals surface area contributed by atoms with E-state index in [1.54, 1.807) is 13.3 Å². The minimum Gasteiger partial charge on any atom is -0.497 e. The van der Waals surface area contributed by atoms with Crippen LogP contribution < -0.4 is 10.1 Å². The lowest BCUT2D eigenvalue weighted by Gasteiger charge is -2.08. The number of nitrogens with zero attached hydrogens (tertiary/aromatic N) is 6. The van der Waals surface area contributed by atoms with Gasteiger partial charge in [-0.25, -0.2) is 19.3 Å². The Balaban J connectivity index is 1.35. The second-order valence-corrected chi connectivity index (χ2v) is 7.57. The molecule has 33 heavy (non-hydrogen) atoms. The summed E-state index contributed by atoms with van der Waals surface area (Å²) in [6.07, 6.45) is 3.71. The Bertz CT molecular complexity index is 1400. The number of ether oxygens (including phenoxy) is 1. The molecule has 0 unspecified atom stereocenters. The van der Waals surface area contributed by atoms with Crippen molar-refractivity contribution in [1.82, 2.24) is 29.5 Å². The van der Waals surface area contributed by atoms with Crippen molar-refractivity contribution in [3.8, 4) is 28.4 Å². The van der Waals surface area contributed by atoms with Gasteiger partial charge in [0, 0.05) is 29.7 Å². The van der Waals surface area contributed by atoms with Gasteiger partial charge in [-0.1, -0.05) is 6.07 Å². The molecule has 2 aromatic carbocycles. The molecule has 3 aromatic heterocycles. The third-order valence-electron chi connectivity index (χ3n) is 5.22. The molecule has 0 aliphatic heterocycles. The quantitative estimate of drug-likeness (QED) is 0.408. The van der Waals surface area contributed by atoms with Crippen molar-refractivity contribution >= 4 is 11.5 Å². The topological polar surface area (TPSA) is 82.7 Å². The van der Waals surface area contributed by atoms with Gasteiger partial charge < -0.3 is 10.1 Å². The summed E-state index contributed by atoms with van der Waals surface area (Å²) in [7, 11) is 1.66. The first-order valence-electron chi connectivity index (χ1n) is 10.5. The van der Waals surface area contributed by atoms with Crippen molar-refractivity contribution in [2.45, 2.75) is 13.8 Å². The zero-order valence-corrected chi connectivity index (χ0v) is 18.6. The predicted octanol–water partition coefficient (Wildman–Crippen LogP) is 4.88. The lowest BCUT2D eigenvalue weighted by Crippen LogP contribution is -2.00. The Hall–Kier alpha value is -4.46. The molecule has 0 spiro atoms. The molecule has 5 rings (SSSR count). The highest BCUT2D eigenvalue weighted by atomic mass is 16.5. The van der Waals surface area contributed by atoms with Gasteiger partial charge in [0.2, 0.25) is 0 Å². The van der Waals surface area contributed by atoms with E-state index in [9.17, 15) is 0 Å². The van der Waals surface area contributed by atoms with Crippen molar-refractivity contribution in [2.75, 3.05) is 12.4 Å². The second kappa shape index (κ2) is 8.58. The number of methoxy groups -OCH3 is 1. The third-order valence-corrected chi connectivity index (χ3v) is 5.22. The maximum Gasteiger partial charge on any atom is 0.148 e. The molecule has 8 nitrogen and oxygen atoms in total. The number of rotatable bonds is 6. The first-order chi connectivity index (χ1) is 16.1. The average molecular weight is 438 g/mol. The van der Waals surface area contributed by atoms with Crippen LogP contribution in [-0.2, 0) is 0 Å². The molecular formula is C25H23N7O. The number of benzene rings is 2. The lowest BCUT2D eigenvalue weighted by atomic mass is 10.2. The fourth-order valence-corrected chi connectivity index (χ4v) is 3.63. The van der Waals surface area contributed by atoms with Crippen molar-refractivity contribution in [2.24, 2.45) is 0 Å².